The first-order chi connectivity index (χ1) is 12.8. The van der Waals surface area contributed by atoms with E-state index in [1.807, 2.05) is 45.9 Å². The molecule has 0 aromatic heterocycles. The molecule has 0 radical (unpaired) electrons. The average molecular weight is 508 g/mol. The molecule has 8 nitrogen and oxygen atoms in total. The van der Waals surface area contributed by atoms with Gasteiger partial charge in [-0.05, 0) is 33.8 Å². The molecule has 0 aliphatic carbocycles. The molecule has 3 N–H and O–H groups in total. The summed E-state index contributed by atoms with van der Waals surface area (Å²) in [5, 5.41) is 9.04. The number of ether oxygens (including phenoxy) is 3. The number of methoxy groups -OCH3 is 2. The summed E-state index contributed by atoms with van der Waals surface area (Å²) < 4.78 is 15.9. The monoisotopic (exact) mass is 508 g/mol. The summed E-state index contributed by atoms with van der Waals surface area (Å²) in [6.45, 7) is 9.55. The van der Waals surface area contributed by atoms with Gasteiger partial charge >= 0.3 is 6.09 Å². The third-order valence-corrected chi connectivity index (χ3v) is 3.32. The Kier molecular flexibility index (Phi) is 12.4. The van der Waals surface area contributed by atoms with Gasteiger partial charge in [-0.2, -0.15) is 0 Å². The van der Waals surface area contributed by atoms with Crippen LogP contribution in [0.3, 0.4) is 0 Å². The van der Waals surface area contributed by atoms with Gasteiger partial charge in [0, 0.05) is 25.2 Å². The van der Waals surface area contributed by atoms with Gasteiger partial charge in [-0.3, -0.25) is 0 Å². The summed E-state index contributed by atoms with van der Waals surface area (Å²) in [4.78, 5) is 16.2. The molecule has 9 heteroatoms. The minimum absolute atomic E-state index is 0. The van der Waals surface area contributed by atoms with Crippen LogP contribution < -0.4 is 25.4 Å². The van der Waals surface area contributed by atoms with E-state index in [1.54, 1.807) is 14.2 Å². The number of hydrogen-bond donors (Lipinski definition) is 3. The van der Waals surface area contributed by atoms with Crippen molar-refractivity contribution >= 4 is 36.0 Å². The first kappa shape index (κ1) is 26.1. The maximum atomic E-state index is 11.6. The summed E-state index contributed by atoms with van der Waals surface area (Å²) in [7, 11) is 3.21. The number of alkyl carbamates (subject to hydrolysis) is 1. The Labute approximate surface area is 184 Å². The van der Waals surface area contributed by atoms with Crippen molar-refractivity contribution in [2.45, 2.75) is 39.8 Å². The standard InChI is InChI=1S/C19H32N4O4.HI/c1-7-20-17(21-11-12-22-18(24)27-19(2,3)4)23-13-14-9-8-10-15(25-5)16(14)26-6;/h8-10H,7,11-13H2,1-6H3,(H,22,24)(H2,20,21,23);1H. The number of rotatable bonds is 8. The van der Waals surface area contributed by atoms with Gasteiger partial charge in [0.15, 0.2) is 17.5 Å². The van der Waals surface area contributed by atoms with Gasteiger partial charge in [0.05, 0.1) is 20.8 Å². The second kappa shape index (κ2) is 13.3. The van der Waals surface area contributed by atoms with Crippen LogP contribution in [-0.4, -0.2) is 51.5 Å². The van der Waals surface area contributed by atoms with Crippen LogP contribution in [0.1, 0.15) is 33.3 Å². The van der Waals surface area contributed by atoms with Gasteiger partial charge in [-0.25, -0.2) is 9.79 Å². The molecule has 0 heterocycles. The third-order valence-electron chi connectivity index (χ3n) is 3.32. The summed E-state index contributed by atoms with van der Waals surface area (Å²) in [5.74, 6) is 1.99. The van der Waals surface area contributed by atoms with E-state index >= 15 is 0 Å². The highest BCUT2D eigenvalue weighted by Crippen LogP contribution is 2.30. The number of nitrogens with one attached hydrogen (secondary N) is 3. The number of guanidine groups is 1. The van der Waals surface area contributed by atoms with Crippen molar-refractivity contribution in [2.24, 2.45) is 4.99 Å². The topological polar surface area (TPSA) is 93.2 Å². The van der Waals surface area contributed by atoms with Crippen LogP contribution in [0.2, 0.25) is 0 Å². The van der Waals surface area contributed by atoms with Gasteiger partial charge in [-0.1, -0.05) is 12.1 Å². The molecule has 0 bridgehead atoms. The summed E-state index contributed by atoms with van der Waals surface area (Å²) in [6.07, 6.45) is -0.438. The fraction of sp³-hybridized carbons (Fsp3) is 0.579. The lowest BCUT2D eigenvalue weighted by molar-refractivity contribution is 0.0529. The van der Waals surface area contributed by atoms with Crippen LogP contribution in [0.25, 0.3) is 0 Å². The van der Waals surface area contributed by atoms with E-state index < -0.39 is 11.7 Å². The summed E-state index contributed by atoms with van der Waals surface area (Å²) >= 11 is 0. The lowest BCUT2D eigenvalue weighted by atomic mass is 10.2. The van der Waals surface area contributed by atoms with Gasteiger partial charge in [0.1, 0.15) is 5.60 Å². The SMILES string of the molecule is CCNC(=NCc1cccc(OC)c1OC)NCCNC(=O)OC(C)(C)C.I. The molecule has 0 aliphatic heterocycles. The van der Waals surface area contributed by atoms with E-state index in [0.29, 0.717) is 37.1 Å². The molecule has 160 valence electrons. The van der Waals surface area contributed by atoms with Crippen molar-refractivity contribution in [2.75, 3.05) is 33.9 Å². The van der Waals surface area contributed by atoms with Crippen molar-refractivity contribution in [1.82, 2.24) is 16.0 Å². The summed E-state index contributed by atoms with van der Waals surface area (Å²) in [5.41, 5.74) is 0.407. The highest BCUT2D eigenvalue weighted by molar-refractivity contribution is 14.0. The minimum Gasteiger partial charge on any atom is -0.493 e. The molecular weight excluding hydrogens is 475 g/mol. The largest absolute Gasteiger partial charge is 0.493 e. The lowest BCUT2D eigenvalue weighted by Gasteiger charge is -2.20. The highest BCUT2D eigenvalue weighted by Gasteiger charge is 2.15. The Hall–Kier alpha value is -1.91. The maximum absolute atomic E-state index is 11.6. The minimum atomic E-state index is -0.510. The first-order valence-corrected chi connectivity index (χ1v) is 8.99. The average Bonchev–Trinajstić information content (AvgIpc) is 2.61. The maximum Gasteiger partial charge on any atom is 0.407 e. The van der Waals surface area contributed by atoms with Crippen LogP contribution in [0.15, 0.2) is 23.2 Å². The van der Waals surface area contributed by atoms with E-state index in [1.165, 1.54) is 0 Å². The fourth-order valence-corrected chi connectivity index (χ4v) is 2.24. The second-order valence-electron chi connectivity index (χ2n) is 6.70. The van der Waals surface area contributed by atoms with E-state index in [2.05, 4.69) is 20.9 Å². The Morgan fingerprint density at radius 2 is 1.75 bits per heavy atom. The van der Waals surface area contributed by atoms with Crippen LogP contribution in [0.4, 0.5) is 4.79 Å². The second-order valence-corrected chi connectivity index (χ2v) is 6.70. The van der Waals surface area contributed by atoms with Crippen molar-refractivity contribution in [3.05, 3.63) is 23.8 Å². The number of hydrogen-bond acceptors (Lipinski definition) is 5. The number of carbonyl (C=O) groups excluding carboxylic acids is 1. The number of halogens is 1. The van der Waals surface area contributed by atoms with Crippen LogP contribution >= 0.6 is 24.0 Å². The first-order valence-electron chi connectivity index (χ1n) is 8.99. The zero-order valence-corrected chi connectivity index (χ0v) is 19.9. The highest BCUT2D eigenvalue weighted by atomic mass is 127. The molecular formula is C19H33IN4O4. The number of benzene rings is 1. The normalized spacial score (nSPS) is 11.1. The van der Waals surface area contributed by atoms with Crippen molar-refractivity contribution in [3.8, 4) is 11.5 Å². The van der Waals surface area contributed by atoms with Gasteiger partial charge < -0.3 is 30.2 Å². The molecule has 0 aliphatic rings. The Bertz CT molecular complexity index is 633. The van der Waals surface area contributed by atoms with E-state index in [-0.39, 0.29) is 24.0 Å². The zero-order valence-electron chi connectivity index (χ0n) is 17.5. The molecule has 1 aromatic rings. The van der Waals surface area contributed by atoms with Crippen LogP contribution in [-0.2, 0) is 11.3 Å². The van der Waals surface area contributed by atoms with Gasteiger partial charge in [0.25, 0.3) is 0 Å². The molecule has 0 spiro atoms. The number of aliphatic imine (C=N–C) groups is 1. The molecule has 28 heavy (non-hydrogen) atoms. The predicted octanol–water partition coefficient (Wildman–Crippen LogP) is 2.90. The molecule has 0 unspecified atom stereocenters. The Morgan fingerprint density at radius 1 is 1.07 bits per heavy atom. The molecule has 0 fully saturated rings. The smallest absolute Gasteiger partial charge is 0.407 e. The lowest BCUT2D eigenvalue weighted by Crippen LogP contribution is -2.42. The summed E-state index contributed by atoms with van der Waals surface area (Å²) in [6, 6.07) is 5.69. The number of para-hydroxylation sites is 1. The van der Waals surface area contributed by atoms with Crippen LogP contribution in [0, 0.1) is 0 Å². The quantitative estimate of drug-likeness (QED) is 0.217. The Morgan fingerprint density at radius 3 is 2.32 bits per heavy atom. The number of amides is 1. The predicted molar refractivity (Wildman–Crippen MR) is 122 cm³/mol. The van der Waals surface area contributed by atoms with E-state index in [9.17, 15) is 4.79 Å². The molecule has 0 saturated heterocycles. The molecule has 0 atom stereocenters. The van der Waals surface area contributed by atoms with Crippen molar-refractivity contribution in [1.29, 1.82) is 0 Å². The third kappa shape index (κ3) is 9.86. The molecule has 1 aromatic carbocycles. The molecule has 1 amide bonds. The van der Waals surface area contributed by atoms with Crippen LogP contribution in [0.5, 0.6) is 11.5 Å². The van der Waals surface area contributed by atoms with E-state index in [0.717, 1.165) is 12.1 Å². The van der Waals surface area contributed by atoms with E-state index in [4.69, 9.17) is 14.2 Å². The zero-order chi connectivity index (χ0) is 20.3. The Balaban J connectivity index is 0.00000729. The number of nitrogens with zero attached hydrogens (tertiary/aromatic N) is 1. The van der Waals surface area contributed by atoms with Gasteiger partial charge in [-0.15, -0.1) is 24.0 Å². The fourth-order valence-electron chi connectivity index (χ4n) is 2.24. The van der Waals surface area contributed by atoms with Gasteiger partial charge in [0.2, 0.25) is 0 Å². The number of carbonyl (C=O) groups is 1. The van der Waals surface area contributed by atoms with Crippen molar-refractivity contribution < 1.29 is 19.0 Å². The molecule has 0 saturated carbocycles. The molecule has 1 rings (SSSR count). The van der Waals surface area contributed by atoms with Crippen molar-refractivity contribution in [3.63, 3.8) is 0 Å².